The van der Waals surface area contributed by atoms with Crippen LogP contribution in [0.5, 0.6) is 11.5 Å². The lowest BCUT2D eigenvalue weighted by Gasteiger charge is -2.19. The molecule has 2 heterocycles. The largest absolute Gasteiger partial charge is 0.486 e. The highest BCUT2D eigenvalue weighted by molar-refractivity contribution is 5.83. The van der Waals surface area contributed by atoms with Crippen LogP contribution in [0.3, 0.4) is 0 Å². The first-order chi connectivity index (χ1) is 10.6. The highest BCUT2D eigenvalue weighted by Crippen LogP contribution is 2.33. The Kier molecular flexibility index (Phi) is 4.31. The van der Waals surface area contributed by atoms with E-state index in [2.05, 4.69) is 15.2 Å². The second-order valence-electron chi connectivity index (χ2n) is 5.69. The second-order valence-corrected chi connectivity index (χ2v) is 5.69. The van der Waals surface area contributed by atoms with E-state index in [1.165, 1.54) is 0 Å². The summed E-state index contributed by atoms with van der Waals surface area (Å²) in [5.74, 6) is 1.42. The summed E-state index contributed by atoms with van der Waals surface area (Å²) in [7, 11) is 4.05. The SMILES string of the molecule is CN(C)CCNCc1cc2cc3c(cc2[nH]c1=O)OCCO3. The summed E-state index contributed by atoms with van der Waals surface area (Å²) in [4.78, 5) is 17.2. The van der Waals surface area contributed by atoms with E-state index in [9.17, 15) is 4.79 Å². The first-order valence-electron chi connectivity index (χ1n) is 7.44. The van der Waals surface area contributed by atoms with E-state index in [-0.39, 0.29) is 5.56 Å². The molecular weight excluding hydrogens is 282 g/mol. The van der Waals surface area contributed by atoms with Crippen molar-refractivity contribution in [3.8, 4) is 11.5 Å². The lowest BCUT2D eigenvalue weighted by atomic mass is 10.1. The fraction of sp³-hybridized carbons (Fsp3) is 0.438. The zero-order valence-electron chi connectivity index (χ0n) is 12.9. The number of nitrogens with zero attached hydrogens (tertiary/aromatic N) is 1. The molecule has 3 rings (SSSR count). The number of ether oxygens (including phenoxy) is 2. The molecule has 6 nitrogen and oxygen atoms in total. The van der Waals surface area contributed by atoms with Crippen LogP contribution >= 0.6 is 0 Å². The molecule has 1 aliphatic heterocycles. The van der Waals surface area contributed by atoms with Gasteiger partial charge >= 0.3 is 0 Å². The smallest absolute Gasteiger partial charge is 0.252 e. The summed E-state index contributed by atoms with van der Waals surface area (Å²) in [6, 6.07) is 5.66. The molecule has 1 aromatic heterocycles. The van der Waals surface area contributed by atoms with Crippen molar-refractivity contribution in [1.29, 1.82) is 0 Å². The number of benzene rings is 1. The number of hydrogen-bond donors (Lipinski definition) is 2. The summed E-state index contributed by atoms with van der Waals surface area (Å²) in [5.41, 5.74) is 1.43. The third-order valence-corrected chi connectivity index (χ3v) is 3.64. The van der Waals surface area contributed by atoms with Gasteiger partial charge in [-0.25, -0.2) is 0 Å². The topological polar surface area (TPSA) is 66.6 Å². The zero-order valence-corrected chi connectivity index (χ0v) is 12.9. The minimum Gasteiger partial charge on any atom is -0.486 e. The first-order valence-corrected chi connectivity index (χ1v) is 7.44. The highest BCUT2D eigenvalue weighted by atomic mass is 16.6. The van der Waals surface area contributed by atoms with Gasteiger partial charge in [-0.3, -0.25) is 4.79 Å². The Morgan fingerprint density at radius 2 is 1.91 bits per heavy atom. The van der Waals surface area contributed by atoms with Crippen molar-refractivity contribution in [2.45, 2.75) is 6.54 Å². The predicted molar refractivity (Wildman–Crippen MR) is 85.8 cm³/mol. The van der Waals surface area contributed by atoms with Gasteiger partial charge in [-0.05, 0) is 26.2 Å². The number of hydrogen-bond acceptors (Lipinski definition) is 5. The Balaban J connectivity index is 1.82. The number of pyridine rings is 1. The predicted octanol–water partition coefficient (Wildman–Crippen LogP) is 0.950. The molecule has 118 valence electrons. The average Bonchev–Trinajstić information content (AvgIpc) is 2.49. The molecule has 0 bridgehead atoms. The van der Waals surface area contributed by atoms with Crippen LogP contribution in [0, 0.1) is 0 Å². The molecule has 2 N–H and O–H groups in total. The van der Waals surface area contributed by atoms with Crippen LogP contribution in [0.4, 0.5) is 0 Å². The van der Waals surface area contributed by atoms with E-state index in [1.807, 2.05) is 32.3 Å². The quantitative estimate of drug-likeness (QED) is 0.805. The van der Waals surface area contributed by atoms with Crippen LogP contribution in [0.1, 0.15) is 5.56 Å². The summed E-state index contributed by atoms with van der Waals surface area (Å²) in [6.45, 7) is 3.42. The molecule has 0 atom stereocenters. The van der Waals surface area contributed by atoms with Crippen LogP contribution in [0.15, 0.2) is 23.0 Å². The molecule has 0 amide bonds. The van der Waals surface area contributed by atoms with E-state index < -0.39 is 0 Å². The van der Waals surface area contributed by atoms with Crippen molar-refractivity contribution in [3.05, 3.63) is 34.1 Å². The molecule has 0 unspecified atom stereocenters. The fourth-order valence-corrected chi connectivity index (χ4v) is 2.45. The number of aromatic nitrogens is 1. The van der Waals surface area contributed by atoms with E-state index in [4.69, 9.17) is 9.47 Å². The first kappa shape index (κ1) is 14.9. The van der Waals surface area contributed by atoms with Crippen LogP contribution in [0.2, 0.25) is 0 Å². The summed E-state index contributed by atoms with van der Waals surface area (Å²) >= 11 is 0. The van der Waals surface area contributed by atoms with Crippen LogP contribution < -0.4 is 20.3 Å². The maximum absolute atomic E-state index is 12.2. The number of aromatic amines is 1. The lowest BCUT2D eigenvalue weighted by Crippen LogP contribution is -2.28. The van der Waals surface area contributed by atoms with Crippen molar-refractivity contribution in [2.75, 3.05) is 40.4 Å². The average molecular weight is 303 g/mol. The van der Waals surface area contributed by atoms with E-state index in [0.29, 0.717) is 25.5 Å². The summed E-state index contributed by atoms with van der Waals surface area (Å²) in [6.07, 6.45) is 0. The highest BCUT2D eigenvalue weighted by Gasteiger charge is 2.13. The minimum absolute atomic E-state index is 0.0680. The third kappa shape index (κ3) is 3.23. The number of likely N-dealkylation sites (N-methyl/N-ethyl adjacent to an activating group) is 1. The van der Waals surface area contributed by atoms with Crippen molar-refractivity contribution < 1.29 is 9.47 Å². The fourth-order valence-electron chi connectivity index (χ4n) is 2.45. The summed E-state index contributed by atoms with van der Waals surface area (Å²) in [5, 5.41) is 4.24. The molecule has 1 aromatic carbocycles. The zero-order chi connectivity index (χ0) is 15.5. The van der Waals surface area contributed by atoms with Gasteiger partial charge in [0.15, 0.2) is 11.5 Å². The van der Waals surface area contributed by atoms with Crippen molar-refractivity contribution >= 4 is 10.9 Å². The molecule has 2 aromatic rings. The summed E-state index contributed by atoms with van der Waals surface area (Å²) < 4.78 is 11.1. The van der Waals surface area contributed by atoms with Gasteiger partial charge in [0.05, 0.1) is 5.52 Å². The van der Waals surface area contributed by atoms with Crippen LogP contribution in [0.25, 0.3) is 10.9 Å². The maximum Gasteiger partial charge on any atom is 0.252 e. The molecule has 0 saturated carbocycles. The number of fused-ring (bicyclic) bond motifs is 2. The number of H-pyrrole nitrogens is 1. The number of nitrogens with one attached hydrogen (secondary N) is 2. The molecule has 0 radical (unpaired) electrons. The monoisotopic (exact) mass is 303 g/mol. The van der Waals surface area contributed by atoms with Gasteiger partial charge in [0, 0.05) is 36.7 Å². The molecule has 22 heavy (non-hydrogen) atoms. The normalized spacial score (nSPS) is 13.8. The Labute approximate surface area is 129 Å². The van der Waals surface area contributed by atoms with Gasteiger partial charge in [0.2, 0.25) is 0 Å². The molecule has 0 saturated heterocycles. The Morgan fingerprint density at radius 3 is 2.64 bits per heavy atom. The molecule has 0 aliphatic carbocycles. The van der Waals surface area contributed by atoms with Crippen molar-refractivity contribution in [1.82, 2.24) is 15.2 Å². The van der Waals surface area contributed by atoms with Gasteiger partial charge in [-0.15, -0.1) is 0 Å². The Hall–Kier alpha value is -2.05. The maximum atomic E-state index is 12.2. The van der Waals surface area contributed by atoms with Crippen LogP contribution in [-0.2, 0) is 6.54 Å². The molecule has 1 aliphatic rings. The Morgan fingerprint density at radius 1 is 1.18 bits per heavy atom. The number of rotatable bonds is 5. The second kappa shape index (κ2) is 6.37. The third-order valence-electron chi connectivity index (χ3n) is 3.64. The lowest BCUT2D eigenvalue weighted by molar-refractivity contribution is 0.172. The molecular formula is C16H21N3O3. The van der Waals surface area contributed by atoms with Crippen molar-refractivity contribution in [2.24, 2.45) is 0 Å². The molecule has 0 spiro atoms. The standard InChI is InChI=1S/C16H21N3O3/c1-19(2)4-3-17-10-12-7-11-8-14-15(22-6-5-21-14)9-13(11)18-16(12)20/h7-9,17H,3-6,10H2,1-2H3,(H,18,20). The Bertz CT molecular complexity index is 724. The van der Waals surface area contributed by atoms with Gasteiger partial charge in [-0.2, -0.15) is 0 Å². The minimum atomic E-state index is -0.0680. The molecule has 6 heteroatoms. The van der Waals surface area contributed by atoms with Gasteiger partial charge in [0.1, 0.15) is 13.2 Å². The van der Waals surface area contributed by atoms with Gasteiger partial charge < -0.3 is 24.7 Å². The van der Waals surface area contributed by atoms with Gasteiger partial charge in [-0.1, -0.05) is 0 Å². The van der Waals surface area contributed by atoms with Gasteiger partial charge in [0.25, 0.3) is 5.56 Å². The van der Waals surface area contributed by atoms with E-state index in [0.717, 1.165) is 35.3 Å². The van der Waals surface area contributed by atoms with E-state index >= 15 is 0 Å². The van der Waals surface area contributed by atoms with Crippen molar-refractivity contribution in [3.63, 3.8) is 0 Å². The molecule has 0 fully saturated rings. The van der Waals surface area contributed by atoms with E-state index in [1.54, 1.807) is 0 Å². The van der Waals surface area contributed by atoms with Crippen LogP contribution in [-0.4, -0.2) is 50.3 Å².